The Kier molecular flexibility index (Phi) is 140. The molecule has 0 bridgehead atoms. The minimum atomic E-state index is 0. The monoisotopic (exact) mass is 847 g/mol. The van der Waals surface area contributed by atoms with Gasteiger partial charge in [0, 0.05) is 108 Å². The van der Waals surface area contributed by atoms with E-state index in [2.05, 4.69) is 40.6 Å². The maximum atomic E-state index is 4.50. The number of benzene rings is 2. The zero-order valence-electron chi connectivity index (χ0n) is 17.1. The molecule has 26 heavy (non-hydrogen) atoms. The molecule has 0 amide bonds. The van der Waals surface area contributed by atoms with Crippen molar-refractivity contribution < 1.29 is 108 Å². The Morgan fingerprint density at radius 2 is 0.577 bits per heavy atom. The van der Waals surface area contributed by atoms with E-state index < -0.39 is 0 Å². The van der Waals surface area contributed by atoms with Crippen LogP contribution in [-0.2, 0) is 108 Å². The Bertz CT molecular complexity index is 232. The summed E-state index contributed by atoms with van der Waals surface area (Å²) >= 11 is 0. The van der Waals surface area contributed by atoms with Crippen LogP contribution in [0.15, 0.2) is 48.5 Å². The molecule has 0 aromatic heterocycles. The van der Waals surface area contributed by atoms with Gasteiger partial charge in [-0.05, 0) is 7.05 Å². The zero-order chi connectivity index (χ0) is 17.9. The molecular weight excluding hydrogens is 816 g/mol. The normalized spacial score (nSPS) is 5.54. The molecule has 0 saturated carbocycles. The quantitative estimate of drug-likeness (QED) is 0.394. The van der Waals surface area contributed by atoms with Gasteiger partial charge < -0.3 is 40.6 Å². The Hall–Kier alpha value is 1.90. The van der Waals surface area contributed by atoms with E-state index in [0.717, 1.165) is 0 Å². The first kappa shape index (κ1) is 51.0. The van der Waals surface area contributed by atoms with E-state index in [4.69, 9.17) is 0 Å². The summed E-state index contributed by atoms with van der Waals surface area (Å²) in [4.78, 5) is 0. The molecule has 3 nitrogen and oxygen atoms in total. The van der Waals surface area contributed by atoms with Crippen LogP contribution in [0.1, 0.15) is 13.8 Å². The second-order valence-electron chi connectivity index (χ2n) is 2.89. The number of rotatable bonds is 0. The molecule has 2 aromatic rings. The largest absolute Gasteiger partial charge is 0.668 e. The van der Waals surface area contributed by atoms with Crippen molar-refractivity contribution in [2.45, 2.75) is 13.8 Å². The van der Waals surface area contributed by atoms with Crippen molar-refractivity contribution in [3.05, 3.63) is 83.4 Å². The van der Waals surface area contributed by atoms with Crippen molar-refractivity contribution in [1.29, 1.82) is 0 Å². The molecule has 2 N–H and O–H groups in total. The predicted molar refractivity (Wildman–Crippen MR) is 100 cm³/mol. The van der Waals surface area contributed by atoms with Gasteiger partial charge in [-0.3, -0.25) is 48.5 Å². The Labute approximate surface area is 242 Å². The molecule has 7 heteroatoms. The smallest absolute Gasteiger partial charge is 0 e. The molecular formula is C19H31N3W2Y2-6. The average Bonchev–Trinajstić information content (AvgIpc) is 2.63. The molecule has 146 valence electrons. The molecule has 2 radical (unpaired) electrons. The minimum Gasteiger partial charge on any atom is -0.668 e. The zero-order valence-corrected chi connectivity index (χ0v) is 28.6. The molecule has 2 aromatic carbocycles. The van der Waals surface area contributed by atoms with Crippen LogP contribution in [-0.4, -0.2) is 35.2 Å². The average molecular weight is 847 g/mol. The fourth-order valence-corrected chi connectivity index (χ4v) is 0.607. The van der Waals surface area contributed by atoms with Crippen LogP contribution in [0.4, 0.5) is 0 Å². The van der Waals surface area contributed by atoms with Crippen molar-refractivity contribution in [1.82, 2.24) is 0 Å². The van der Waals surface area contributed by atoms with E-state index in [-0.39, 0.29) is 108 Å². The number of nitrogens with two attached hydrogens (primary N) is 1. The van der Waals surface area contributed by atoms with Crippen molar-refractivity contribution in [3.63, 3.8) is 0 Å². The summed E-state index contributed by atoms with van der Waals surface area (Å²) in [6, 6.07) is 26.0. The fraction of sp³-hybridized carbons (Fsp3) is 0.368. The van der Waals surface area contributed by atoms with Gasteiger partial charge in [-0.2, -0.15) is 28.2 Å². The van der Waals surface area contributed by atoms with E-state index in [0.29, 0.717) is 0 Å². The first-order chi connectivity index (χ1) is 10.8. The molecule has 0 aliphatic heterocycles. The molecule has 0 aliphatic rings. The summed E-state index contributed by atoms with van der Waals surface area (Å²) < 4.78 is 0. The predicted octanol–water partition coefficient (Wildman–Crippen LogP) is 4.40. The summed E-state index contributed by atoms with van der Waals surface area (Å²) in [5, 5.41) is 7.00. The molecule has 0 aliphatic carbocycles. The SMILES string of the molecule is CC.CN.C[N-]C.C[N-]C.[W].[W].[Y].[Y].[c-]1cc[c-]cc1.[c-]1cc[c-]cc1. The van der Waals surface area contributed by atoms with Crippen LogP contribution in [0.5, 0.6) is 0 Å². The van der Waals surface area contributed by atoms with Gasteiger partial charge in [0.15, 0.2) is 0 Å². The van der Waals surface area contributed by atoms with Crippen molar-refractivity contribution in [3.8, 4) is 0 Å². The summed E-state index contributed by atoms with van der Waals surface area (Å²) in [6.45, 7) is 4.00. The molecule has 0 spiro atoms. The third-order valence-corrected chi connectivity index (χ3v) is 1.10. The first-order valence-corrected chi connectivity index (χ1v) is 7.01. The third kappa shape index (κ3) is 83.1. The molecule has 2 rings (SSSR count). The summed E-state index contributed by atoms with van der Waals surface area (Å²) in [7, 11) is 8.50. The topological polar surface area (TPSA) is 54.2 Å². The van der Waals surface area contributed by atoms with Crippen molar-refractivity contribution in [2.75, 3.05) is 35.2 Å². The second-order valence-corrected chi connectivity index (χ2v) is 2.89. The number of hydrogen-bond acceptors (Lipinski definition) is 1. The van der Waals surface area contributed by atoms with Crippen LogP contribution < -0.4 is 5.73 Å². The van der Waals surface area contributed by atoms with Crippen LogP contribution in [0.2, 0.25) is 0 Å². The van der Waals surface area contributed by atoms with E-state index in [1.165, 1.54) is 7.05 Å². The van der Waals surface area contributed by atoms with Crippen LogP contribution in [0.25, 0.3) is 10.6 Å². The van der Waals surface area contributed by atoms with Gasteiger partial charge in [0.25, 0.3) is 0 Å². The van der Waals surface area contributed by atoms with Gasteiger partial charge in [0.2, 0.25) is 0 Å². The van der Waals surface area contributed by atoms with Crippen molar-refractivity contribution >= 4 is 0 Å². The Balaban J connectivity index is -0.0000000257. The van der Waals surface area contributed by atoms with Gasteiger partial charge in [-0.15, -0.1) is 0 Å². The molecule has 0 heterocycles. The van der Waals surface area contributed by atoms with Crippen molar-refractivity contribution in [2.24, 2.45) is 5.73 Å². The first-order valence-electron chi connectivity index (χ1n) is 7.01. The van der Waals surface area contributed by atoms with Gasteiger partial charge in [0.1, 0.15) is 0 Å². The molecule has 0 fully saturated rings. The Morgan fingerprint density at radius 3 is 0.615 bits per heavy atom. The minimum absolute atomic E-state index is 0. The summed E-state index contributed by atoms with van der Waals surface area (Å²) in [5.74, 6) is 0. The van der Waals surface area contributed by atoms with Crippen LogP contribution in [0, 0.1) is 24.3 Å². The summed E-state index contributed by atoms with van der Waals surface area (Å²) in [5.41, 5.74) is 4.50. The third-order valence-electron chi connectivity index (χ3n) is 1.10. The van der Waals surface area contributed by atoms with Crippen LogP contribution >= 0.6 is 0 Å². The van der Waals surface area contributed by atoms with Gasteiger partial charge in [-0.25, -0.2) is 0 Å². The van der Waals surface area contributed by atoms with Gasteiger partial charge in [-0.1, -0.05) is 13.8 Å². The number of nitrogens with zero attached hydrogens (tertiary/aromatic N) is 2. The standard InChI is InChI=1S/2C6H4.2C2H6N.C2H6.CH5N.2W.2Y/c2*1-2-4-6-5-3-1;2*1-3-2;2*1-2;;;;/h2*1-2,5-6H;2*1-2H3;1-2H3;2H2,1H3;;;;/q2*-2;2*-1;;;;;;. The molecule has 0 saturated heterocycles. The summed E-state index contributed by atoms with van der Waals surface area (Å²) in [6.07, 6.45) is 0. The van der Waals surface area contributed by atoms with E-state index in [1.54, 1.807) is 28.2 Å². The van der Waals surface area contributed by atoms with Gasteiger partial charge in [0.05, 0.1) is 0 Å². The molecule has 0 unspecified atom stereocenters. The number of hydrogen-bond donors (Lipinski definition) is 1. The van der Waals surface area contributed by atoms with Crippen LogP contribution in [0.3, 0.4) is 0 Å². The van der Waals surface area contributed by atoms with E-state index in [1.807, 2.05) is 62.4 Å². The van der Waals surface area contributed by atoms with E-state index in [9.17, 15) is 0 Å². The second kappa shape index (κ2) is 71.4. The Morgan fingerprint density at radius 1 is 0.500 bits per heavy atom. The molecule has 0 atom stereocenters. The fourth-order valence-electron chi connectivity index (χ4n) is 0.607. The van der Waals surface area contributed by atoms with E-state index >= 15 is 0 Å². The maximum absolute atomic E-state index is 4.50. The maximum Gasteiger partial charge on any atom is 0 e. The van der Waals surface area contributed by atoms with Gasteiger partial charge >= 0.3 is 0 Å².